The molecule has 1 aromatic carbocycles. The molecule has 8 nitrogen and oxygen atoms in total. The van der Waals surface area contributed by atoms with Crippen LogP contribution in [0, 0.1) is 18.2 Å². The van der Waals surface area contributed by atoms with Crippen LogP contribution in [0.5, 0.6) is 5.75 Å². The van der Waals surface area contributed by atoms with Crippen LogP contribution in [0.15, 0.2) is 16.9 Å². The van der Waals surface area contributed by atoms with Gasteiger partial charge >= 0.3 is 11.7 Å². The first-order chi connectivity index (χ1) is 11.5. The lowest BCUT2D eigenvalue weighted by atomic mass is 10.3. The summed E-state index contributed by atoms with van der Waals surface area (Å²) in [4.78, 5) is 23.6. The highest BCUT2D eigenvalue weighted by atomic mass is 35.5. The third-order valence-corrected chi connectivity index (χ3v) is 3.06. The van der Waals surface area contributed by atoms with Crippen molar-refractivity contribution >= 4 is 17.6 Å². The predicted octanol–water partition coefficient (Wildman–Crippen LogP) is 0.797. The summed E-state index contributed by atoms with van der Waals surface area (Å²) in [5, 5.41) is 7.04. The monoisotopic (exact) mass is 354 g/mol. The molecule has 0 bridgehead atoms. The number of tetrazole rings is 1. The van der Waals surface area contributed by atoms with E-state index in [-0.39, 0.29) is 29.7 Å². The minimum atomic E-state index is -0.827. The van der Waals surface area contributed by atoms with Crippen molar-refractivity contribution < 1.29 is 18.7 Å². The summed E-state index contributed by atoms with van der Waals surface area (Å²) in [5.41, 5.74) is -1.07. The van der Waals surface area contributed by atoms with Crippen LogP contribution in [0.4, 0.5) is 4.39 Å². The molecule has 0 spiro atoms. The van der Waals surface area contributed by atoms with Gasteiger partial charge in [0.15, 0.2) is 5.82 Å². The van der Waals surface area contributed by atoms with Crippen molar-refractivity contribution in [3.05, 3.63) is 33.5 Å². The van der Waals surface area contributed by atoms with E-state index in [0.717, 1.165) is 10.7 Å². The van der Waals surface area contributed by atoms with Gasteiger partial charge in [-0.3, -0.25) is 4.79 Å². The number of nitrogens with zero attached hydrogens (tertiary/aromatic N) is 4. The quantitative estimate of drug-likeness (QED) is 0.563. The molecule has 0 N–H and O–H groups in total. The Morgan fingerprint density at radius 1 is 1.46 bits per heavy atom. The first-order valence-corrected chi connectivity index (χ1v) is 7.09. The number of carbonyl (C=O) groups excluding carboxylic acids is 1. The van der Waals surface area contributed by atoms with Gasteiger partial charge in [-0.2, -0.15) is 9.36 Å². The standard InChI is InChI=1S/C14H12ClFN4O4/c1-3-5-24-12-7-11(10(16)6-9(12)15)20-14(22)19(17-18-20)8-13(21)23-4-2/h1,6-7H,4-5,8H2,2H3. The molecule has 0 aliphatic rings. The first-order valence-electron chi connectivity index (χ1n) is 6.72. The molecule has 0 amide bonds. The van der Waals surface area contributed by atoms with Crippen LogP contribution in [0.3, 0.4) is 0 Å². The van der Waals surface area contributed by atoms with E-state index >= 15 is 0 Å². The number of halogens is 2. The Labute approximate surface area is 140 Å². The van der Waals surface area contributed by atoms with E-state index in [1.54, 1.807) is 6.92 Å². The molecule has 0 unspecified atom stereocenters. The van der Waals surface area contributed by atoms with Gasteiger partial charge in [0.25, 0.3) is 0 Å². The minimum absolute atomic E-state index is 0.0153. The number of esters is 1. The lowest BCUT2D eigenvalue weighted by molar-refractivity contribution is -0.144. The zero-order chi connectivity index (χ0) is 17.7. The Morgan fingerprint density at radius 3 is 2.88 bits per heavy atom. The average Bonchev–Trinajstić information content (AvgIpc) is 2.88. The summed E-state index contributed by atoms with van der Waals surface area (Å²) in [6.45, 7) is 1.25. The number of benzene rings is 1. The molecule has 0 saturated carbocycles. The molecule has 0 aliphatic carbocycles. The van der Waals surface area contributed by atoms with Crippen LogP contribution in [0.1, 0.15) is 6.92 Å². The number of hydrogen-bond donors (Lipinski definition) is 0. The highest BCUT2D eigenvalue weighted by Crippen LogP contribution is 2.28. The predicted molar refractivity (Wildman–Crippen MR) is 81.5 cm³/mol. The third kappa shape index (κ3) is 3.72. The molecule has 0 aliphatic heterocycles. The number of aromatic nitrogens is 4. The maximum Gasteiger partial charge on any atom is 0.369 e. The number of carbonyl (C=O) groups is 1. The van der Waals surface area contributed by atoms with E-state index in [1.165, 1.54) is 6.07 Å². The molecule has 10 heteroatoms. The minimum Gasteiger partial charge on any atom is -0.479 e. The smallest absolute Gasteiger partial charge is 0.369 e. The maximum absolute atomic E-state index is 14.1. The van der Waals surface area contributed by atoms with Crippen LogP contribution in [0.2, 0.25) is 5.02 Å². The molecule has 0 fully saturated rings. The summed E-state index contributed by atoms with van der Waals surface area (Å²) < 4.78 is 25.4. The van der Waals surface area contributed by atoms with Gasteiger partial charge in [-0.25, -0.2) is 9.18 Å². The SMILES string of the molecule is C#CCOc1cc(-n2nnn(CC(=O)OCC)c2=O)c(F)cc1Cl. The van der Waals surface area contributed by atoms with Crippen LogP contribution >= 0.6 is 11.6 Å². The summed E-state index contributed by atoms with van der Waals surface area (Å²) >= 11 is 5.85. The molecule has 1 heterocycles. The van der Waals surface area contributed by atoms with Gasteiger partial charge in [0.2, 0.25) is 0 Å². The van der Waals surface area contributed by atoms with Crippen molar-refractivity contribution in [1.29, 1.82) is 0 Å². The second-order valence-corrected chi connectivity index (χ2v) is 4.77. The van der Waals surface area contributed by atoms with Crippen LogP contribution in [-0.4, -0.2) is 39.0 Å². The fraction of sp³-hybridized carbons (Fsp3) is 0.286. The Bertz CT molecular complexity index is 855. The van der Waals surface area contributed by atoms with Gasteiger partial charge < -0.3 is 9.47 Å². The van der Waals surface area contributed by atoms with Crippen LogP contribution in [-0.2, 0) is 16.1 Å². The van der Waals surface area contributed by atoms with Crippen LogP contribution < -0.4 is 10.4 Å². The molecule has 126 valence electrons. The first kappa shape index (κ1) is 17.5. The van der Waals surface area contributed by atoms with Crippen LogP contribution in [0.25, 0.3) is 5.69 Å². The molecule has 2 aromatic rings. The Morgan fingerprint density at radius 2 is 2.21 bits per heavy atom. The Balaban J connectivity index is 2.39. The average molecular weight is 355 g/mol. The van der Waals surface area contributed by atoms with Gasteiger partial charge in [0.05, 0.1) is 11.6 Å². The highest BCUT2D eigenvalue weighted by molar-refractivity contribution is 6.32. The largest absolute Gasteiger partial charge is 0.479 e. The molecule has 24 heavy (non-hydrogen) atoms. The normalized spacial score (nSPS) is 10.2. The summed E-state index contributed by atoms with van der Waals surface area (Å²) in [7, 11) is 0. The summed E-state index contributed by atoms with van der Waals surface area (Å²) in [6, 6.07) is 2.12. The number of hydrogen-bond acceptors (Lipinski definition) is 6. The van der Waals surface area contributed by atoms with Gasteiger partial charge in [-0.05, 0) is 23.4 Å². The van der Waals surface area contributed by atoms with Crippen molar-refractivity contribution in [3.8, 4) is 23.8 Å². The Kier molecular flexibility index (Phi) is 5.55. The fourth-order valence-corrected chi connectivity index (χ4v) is 1.97. The van der Waals surface area contributed by atoms with Gasteiger partial charge in [-0.15, -0.1) is 6.42 Å². The number of terminal acetylenes is 1. The maximum atomic E-state index is 14.1. The van der Waals surface area contributed by atoms with Gasteiger partial charge in [-0.1, -0.05) is 17.5 Å². The number of rotatable bonds is 6. The summed E-state index contributed by atoms with van der Waals surface area (Å²) in [5.74, 6) is 0.835. The van der Waals surface area contributed by atoms with E-state index in [9.17, 15) is 14.0 Å². The zero-order valence-corrected chi connectivity index (χ0v) is 13.3. The number of ether oxygens (including phenoxy) is 2. The van der Waals surface area contributed by atoms with Crippen molar-refractivity contribution in [2.24, 2.45) is 0 Å². The highest BCUT2D eigenvalue weighted by Gasteiger charge is 2.18. The van der Waals surface area contributed by atoms with Crippen molar-refractivity contribution in [2.45, 2.75) is 13.5 Å². The second-order valence-electron chi connectivity index (χ2n) is 4.36. The fourth-order valence-electron chi connectivity index (χ4n) is 1.76. The molecule has 0 atom stereocenters. The molecule has 0 saturated heterocycles. The zero-order valence-electron chi connectivity index (χ0n) is 12.5. The van der Waals surface area contributed by atoms with E-state index in [2.05, 4.69) is 16.3 Å². The molecule has 1 aromatic heterocycles. The topological polar surface area (TPSA) is 88.2 Å². The van der Waals surface area contributed by atoms with E-state index < -0.39 is 24.0 Å². The molecular formula is C14H12ClFN4O4. The lowest BCUT2D eigenvalue weighted by Crippen LogP contribution is -2.28. The molecule has 0 radical (unpaired) electrons. The second kappa shape index (κ2) is 7.61. The van der Waals surface area contributed by atoms with E-state index in [4.69, 9.17) is 27.5 Å². The summed E-state index contributed by atoms with van der Waals surface area (Å²) in [6.07, 6.45) is 5.09. The van der Waals surface area contributed by atoms with Gasteiger partial charge in [0.1, 0.15) is 24.6 Å². The molecule has 2 rings (SSSR count). The van der Waals surface area contributed by atoms with Gasteiger partial charge in [0, 0.05) is 6.07 Å². The van der Waals surface area contributed by atoms with Crippen molar-refractivity contribution in [3.63, 3.8) is 0 Å². The lowest BCUT2D eigenvalue weighted by Gasteiger charge is -2.08. The Hall–Kier alpha value is -2.86. The third-order valence-electron chi connectivity index (χ3n) is 2.76. The van der Waals surface area contributed by atoms with Crippen molar-refractivity contribution in [1.82, 2.24) is 19.8 Å². The molecular weight excluding hydrogens is 343 g/mol. The van der Waals surface area contributed by atoms with E-state index in [1.807, 2.05) is 0 Å². The van der Waals surface area contributed by atoms with Crippen molar-refractivity contribution in [2.75, 3.05) is 13.2 Å². The van der Waals surface area contributed by atoms with E-state index in [0.29, 0.717) is 4.68 Å².